The van der Waals surface area contributed by atoms with Gasteiger partial charge in [0.15, 0.2) is 5.78 Å². The van der Waals surface area contributed by atoms with Gasteiger partial charge in [-0.1, -0.05) is 6.92 Å². The minimum absolute atomic E-state index is 0.205. The van der Waals surface area contributed by atoms with Gasteiger partial charge in [0.25, 0.3) is 0 Å². The molecule has 1 aromatic carbocycles. The van der Waals surface area contributed by atoms with Crippen LogP contribution in [0.5, 0.6) is 0 Å². The van der Waals surface area contributed by atoms with E-state index in [-0.39, 0.29) is 5.78 Å². The van der Waals surface area contributed by atoms with Crippen molar-refractivity contribution in [2.75, 3.05) is 32.1 Å². The van der Waals surface area contributed by atoms with Crippen molar-refractivity contribution in [1.82, 2.24) is 4.90 Å². The third-order valence-corrected chi connectivity index (χ3v) is 3.34. The minimum Gasteiger partial charge on any atom is -0.368 e. The number of ketones is 1. The van der Waals surface area contributed by atoms with Crippen LogP contribution in [0, 0.1) is 0 Å². The number of hydrogen-bond acceptors (Lipinski definition) is 3. The van der Waals surface area contributed by atoms with E-state index in [0.717, 1.165) is 18.7 Å². The normalized spacial score (nSPS) is 12.5. The molecule has 0 amide bonds. The summed E-state index contributed by atoms with van der Waals surface area (Å²) in [7, 11) is 4.18. The van der Waals surface area contributed by atoms with Crippen LogP contribution < -0.4 is 4.90 Å². The number of carbonyl (C=O) groups excluding carboxylic acids is 1. The largest absolute Gasteiger partial charge is 0.368 e. The summed E-state index contributed by atoms with van der Waals surface area (Å²) in [5.74, 6) is 0.205. The molecule has 0 fully saturated rings. The molecule has 1 unspecified atom stereocenters. The number of Topliss-reactive ketones (excluding diaryl/α,β-unsaturated/α-hetero) is 1. The van der Waals surface area contributed by atoms with E-state index in [2.05, 4.69) is 49.9 Å². The third-order valence-electron chi connectivity index (χ3n) is 3.34. The molecular weight excluding hydrogens is 236 g/mol. The summed E-state index contributed by atoms with van der Waals surface area (Å²) in [6, 6.07) is 8.43. The number of hydrogen-bond donors (Lipinski definition) is 0. The number of likely N-dealkylation sites (N-methyl/N-ethyl adjacent to an activating group) is 2. The number of rotatable bonds is 7. The van der Waals surface area contributed by atoms with Gasteiger partial charge in [-0.05, 0) is 52.2 Å². The maximum Gasteiger partial charge on any atom is 0.162 e. The van der Waals surface area contributed by atoms with Gasteiger partial charge in [0, 0.05) is 36.8 Å². The molecule has 0 saturated carbocycles. The van der Waals surface area contributed by atoms with E-state index in [9.17, 15) is 4.79 Å². The lowest BCUT2D eigenvalue weighted by molar-refractivity contribution is 0.0988. The van der Waals surface area contributed by atoms with Gasteiger partial charge >= 0.3 is 0 Å². The molecule has 0 aliphatic rings. The molecule has 1 atom stereocenters. The van der Waals surface area contributed by atoms with Gasteiger partial charge in [0.2, 0.25) is 0 Å². The summed E-state index contributed by atoms with van der Waals surface area (Å²) in [4.78, 5) is 16.2. The van der Waals surface area contributed by atoms with Crippen LogP contribution in [-0.2, 0) is 0 Å². The first-order valence-electron chi connectivity index (χ1n) is 7.04. The molecule has 0 saturated heterocycles. The van der Waals surface area contributed by atoms with Gasteiger partial charge < -0.3 is 9.80 Å². The monoisotopic (exact) mass is 262 g/mol. The highest BCUT2D eigenvalue weighted by atomic mass is 16.1. The molecule has 3 nitrogen and oxygen atoms in total. The number of carbonyl (C=O) groups is 1. The van der Waals surface area contributed by atoms with Crippen molar-refractivity contribution < 1.29 is 4.79 Å². The molecule has 0 spiro atoms. The summed E-state index contributed by atoms with van der Waals surface area (Å²) >= 11 is 0. The molecule has 1 aromatic rings. The van der Waals surface area contributed by atoms with Gasteiger partial charge in [-0.3, -0.25) is 4.79 Å². The Kier molecular flexibility index (Phi) is 6.03. The molecule has 1 rings (SSSR count). The predicted molar refractivity (Wildman–Crippen MR) is 82.1 cm³/mol. The van der Waals surface area contributed by atoms with E-state index in [1.807, 2.05) is 19.1 Å². The van der Waals surface area contributed by atoms with E-state index in [0.29, 0.717) is 12.5 Å². The molecule has 0 aliphatic carbocycles. The highest BCUT2D eigenvalue weighted by molar-refractivity contribution is 5.96. The molecule has 0 aliphatic heterocycles. The summed E-state index contributed by atoms with van der Waals surface area (Å²) in [6.45, 7) is 8.28. The van der Waals surface area contributed by atoms with Crippen molar-refractivity contribution in [3.05, 3.63) is 29.8 Å². The van der Waals surface area contributed by atoms with Crippen molar-refractivity contribution in [2.45, 2.75) is 33.2 Å². The van der Waals surface area contributed by atoms with E-state index >= 15 is 0 Å². The van der Waals surface area contributed by atoms with E-state index < -0.39 is 0 Å². The summed E-state index contributed by atoms with van der Waals surface area (Å²) in [6.07, 6.45) is 0.563. The second-order valence-electron chi connectivity index (χ2n) is 5.22. The maximum atomic E-state index is 11.6. The Hall–Kier alpha value is -1.35. The zero-order chi connectivity index (χ0) is 14.4. The van der Waals surface area contributed by atoms with Crippen LogP contribution in [0.2, 0.25) is 0 Å². The van der Waals surface area contributed by atoms with Crippen molar-refractivity contribution in [3.63, 3.8) is 0 Å². The van der Waals surface area contributed by atoms with Crippen molar-refractivity contribution >= 4 is 11.5 Å². The van der Waals surface area contributed by atoms with Crippen LogP contribution in [0.25, 0.3) is 0 Å². The second kappa shape index (κ2) is 7.29. The Morgan fingerprint density at radius 1 is 1.16 bits per heavy atom. The maximum absolute atomic E-state index is 11.6. The molecule has 3 heteroatoms. The summed E-state index contributed by atoms with van der Waals surface area (Å²) < 4.78 is 0. The van der Waals surface area contributed by atoms with Crippen molar-refractivity contribution in [2.24, 2.45) is 0 Å². The van der Waals surface area contributed by atoms with E-state index in [1.54, 1.807) is 0 Å². The quantitative estimate of drug-likeness (QED) is 0.706. The molecule has 0 heterocycles. The Morgan fingerprint density at radius 2 is 1.74 bits per heavy atom. The summed E-state index contributed by atoms with van der Waals surface area (Å²) in [5.41, 5.74) is 1.99. The first-order chi connectivity index (χ1) is 8.99. The first-order valence-corrected chi connectivity index (χ1v) is 7.04. The summed E-state index contributed by atoms with van der Waals surface area (Å²) in [5, 5.41) is 0. The molecule has 0 radical (unpaired) electrons. The van der Waals surface area contributed by atoms with Crippen molar-refractivity contribution in [1.29, 1.82) is 0 Å². The van der Waals surface area contributed by atoms with Gasteiger partial charge in [0.05, 0.1) is 0 Å². The van der Waals surface area contributed by atoms with Gasteiger partial charge in [-0.2, -0.15) is 0 Å². The molecule has 106 valence electrons. The lowest BCUT2D eigenvalue weighted by Gasteiger charge is -2.32. The number of anilines is 1. The number of nitrogens with zero attached hydrogens (tertiary/aromatic N) is 2. The smallest absolute Gasteiger partial charge is 0.162 e. The molecule has 0 N–H and O–H groups in total. The van der Waals surface area contributed by atoms with Crippen molar-refractivity contribution in [3.8, 4) is 0 Å². The molecule has 19 heavy (non-hydrogen) atoms. The zero-order valence-corrected chi connectivity index (χ0v) is 12.8. The fourth-order valence-electron chi connectivity index (χ4n) is 2.42. The Bertz CT molecular complexity index is 398. The zero-order valence-electron chi connectivity index (χ0n) is 12.8. The van der Waals surface area contributed by atoms with Crippen LogP contribution in [0.3, 0.4) is 0 Å². The Balaban J connectivity index is 2.84. The Morgan fingerprint density at radius 3 is 2.16 bits per heavy atom. The average Bonchev–Trinajstić information content (AvgIpc) is 2.38. The van der Waals surface area contributed by atoms with Gasteiger partial charge in [-0.15, -0.1) is 0 Å². The van der Waals surface area contributed by atoms with E-state index in [4.69, 9.17) is 0 Å². The van der Waals surface area contributed by atoms with Gasteiger partial charge in [-0.25, -0.2) is 0 Å². The highest BCUT2D eigenvalue weighted by Gasteiger charge is 2.14. The Labute approximate surface area is 117 Å². The fraction of sp³-hybridized carbons (Fsp3) is 0.562. The third kappa shape index (κ3) is 4.35. The van der Waals surface area contributed by atoms with E-state index in [1.165, 1.54) is 5.69 Å². The molecule has 0 bridgehead atoms. The van der Waals surface area contributed by atoms with Crippen LogP contribution in [0.4, 0.5) is 5.69 Å². The van der Waals surface area contributed by atoms with Crippen LogP contribution in [0.15, 0.2) is 24.3 Å². The highest BCUT2D eigenvalue weighted by Crippen LogP contribution is 2.18. The second-order valence-corrected chi connectivity index (χ2v) is 5.22. The average molecular weight is 262 g/mol. The van der Waals surface area contributed by atoms with Gasteiger partial charge in [0.1, 0.15) is 0 Å². The fourth-order valence-corrected chi connectivity index (χ4v) is 2.42. The van der Waals surface area contributed by atoms with Crippen LogP contribution >= 0.6 is 0 Å². The topological polar surface area (TPSA) is 23.6 Å². The SMILES string of the molecule is CCC(=O)c1ccc(N(CC)C(C)CN(C)C)cc1. The lowest BCUT2D eigenvalue weighted by Crippen LogP contribution is -2.40. The molecule has 0 aromatic heterocycles. The first kappa shape index (κ1) is 15.7. The minimum atomic E-state index is 0.205. The molecular formula is C16H26N2O. The predicted octanol–water partition coefficient (Wildman–Crippen LogP) is 3.06. The number of benzene rings is 1. The van der Waals surface area contributed by atoms with Crippen LogP contribution in [-0.4, -0.2) is 43.9 Å². The van der Waals surface area contributed by atoms with Crippen LogP contribution in [0.1, 0.15) is 37.6 Å². The lowest BCUT2D eigenvalue weighted by atomic mass is 10.1. The standard InChI is InChI=1S/C16H26N2O/c1-6-16(19)14-8-10-15(11-9-14)18(7-2)13(3)12-17(4)5/h8-11,13H,6-7,12H2,1-5H3.